The number of aromatic nitrogens is 2. The van der Waals surface area contributed by atoms with E-state index in [0.717, 1.165) is 0 Å². The van der Waals surface area contributed by atoms with E-state index in [1.807, 2.05) is 0 Å². The second-order valence-electron chi connectivity index (χ2n) is 6.49. The molecule has 1 unspecified atom stereocenters. The van der Waals surface area contributed by atoms with Crippen molar-refractivity contribution in [1.82, 2.24) is 14.9 Å². The maximum atomic E-state index is 13.1. The molecule has 30 heavy (non-hydrogen) atoms. The second-order valence-corrected chi connectivity index (χ2v) is 6.49. The van der Waals surface area contributed by atoms with E-state index in [1.165, 1.54) is 50.8 Å². The van der Waals surface area contributed by atoms with Crippen LogP contribution in [0.4, 0.5) is 5.69 Å². The summed E-state index contributed by atoms with van der Waals surface area (Å²) in [5.74, 6) is 0.408. The van der Waals surface area contributed by atoms with Gasteiger partial charge in [-0.2, -0.15) is 0 Å². The number of ether oxygens (including phenoxy) is 4. The molecule has 1 aromatic heterocycles. The van der Waals surface area contributed by atoms with Crippen LogP contribution < -0.4 is 18.9 Å². The Labute approximate surface area is 172 Å². The minimum absolute atomic E-state index is 0.0737. The Balaban J connectivity index is 1.83. The van der Waals surface area contributed by atoms with Crippen LogP contribution in [-0.4, -0.2) is 66.2 Å². The molecule has 1 fully saturated rings. The Kier molecular flexibility index (Phi) is 6.50. The van der Waals surface area contributed by atoms with Gasteiger partial charge in [0.25, 0.3) is 23.4 Å². The quantitative estimate of drug-likeness (QED) is 0.490. The summed E-state index contributed by atoms with van der Waals surface area (Å²) in [4.78, 5) is 33.7. The molecule has 2 aromatic rings. The third-order valence-corrected chi connectivity index (χ3v) is 4.70. The summed E-state index contributed by atoms with van der Waals surface area (Å²) in [5.41, 5.74) is -0.424. The number of benzene rings is 1. The zero-order chi connectivity index (χ0) is 21.7. The van der Waals surface area contributed by atoms with E-state index in [2.05, 4.69) is 9.97 Å². The van der Waals surface area contributed by atoms with Crippen molar-refractivity contribution in [2.75, 3.05) is 34.4 Å². The Morgan fingerprint density at radius 3 is 2.40 bits per heavy atom. The van der Waals surface area contributed by atoms with Gasteiger partial charge in [-0.1, -0.05) is 0 Å². The first-order valence-electron chi connectivity index (χ1n) is 9.19. The maximum absolute atomic E-state index is 13.1. The second kappa shape index (κ2) is 9.25. The predicted octanol–water partition coefficient (Wildman–Crippen LogP) is 2.09. The van der Waals surface area contributed by atoms with Crippen molar-refractivity contribution in [2.24, 2.45) is 0 Å². The number of piperidine rings is 1. The molecule has 1 aliphatic rings. The van der Waals surface area contributed by atoms with Crippen LogP contribution in [0, 0.1) is 10.1 Å². The van der Waals surface area contributed by atoms with E-state index >= 15 is 0 Å². The normalized spacial score (nSPS) is 16.0. The number of rotatable bonds is 7. The van der Waals surface area contributed by atoms with Crippen LogP contribution in [0.15, 0.2) is 24.5 Å². The fraction of sp³-hybridized carbons (Fsp3) is 0.421. The van der Waals surface area contributed by atoms with Crippen LogP contribution >= 0.6 is 0 Å². The van der Waals surface area contributed by atoms with Gasteiger partial charge in [0.2, 0.25) is 0 Å². The average Bonchev–Trinajstić information content (AvgIpc) is 2.78. The number of hydrogen-bond donors (Lipinski definition) is 0. The standard InChI is InChI=1S/C19H22N4O7/c1-27-15-9-13(14(23(25)26)10-16(15)28-2)19(24)22-8-4-5-12(11-22)30-18-17(29-3)20-6-7-21-18/h6-7,9-10,12H,4-5,8,11H2,1-3H3. The molecule has 3 rings (SSSR count). The minimum atomic E-state index is -0.614. The lowest BCUT2D eigenvalue weighted by molar-refractivity contribution is -0.385. The van der Waals surface area contributed by atoms with Gasteiger partial charge in [-0.25, -0.2) is 9.97 Å². The highest BCUT2D eigenvalue weighted by molar-refractivity contribution is 5.99. The third kappa shape index (κ3) is 4.34. The van der Waals surface area contributed by atoms with E-state index in [1.54, 1.807) is 0 Å². The number of nitrogens with zero attached hydrogens (tertiary/aromatic N) is 4. The summed E-state index contributed by atoms with van der Waals surface area (Å²) in [6.07, 6.45) is 3.97. The average molecular weight is 418 g/mol. The van der Waals surface area contributed by atoms with Crippen molar-refractivity contribution in [3.8, 4) is 23.3 Å². The maximum Gasteiger partial charge on any atom is 0.286 e. The number of nitro groups is 1. The van der Waals surface area contributed by atoms with Crippen molar-refractivity contribution in [3.63, 3.8) is 0 Å². The highest BCUT2D eigenvalue weighted by atomic mass is 16.6. The number of methoxy groups -OCH3 is 3. The van der Waals surface area contributed by atoms with Crippen LogP contribution in [-0.2, 0) is 0 Å². The number of likely N-dealkylation sites (tertiary alicyclic amines) is 1. The fourth-order valence-corrected chi connectivity index (χ4v) is 3.27. The molecule has 1 aliphatic heterocycles. The summed E-state index contributed by atoms with van der Waals surface area (Å²) < 4.78 is 21.3. The molecule has 2 heterocycles. The number of carbonyl (C=O) groups is 1. The number of hydrogen-bond acceptors (Lipinski definition) is 9. The van der Waals surface area contributed by atoms with Crippen LogP contribution in [0.2, 0.25) is 0 Å². The van der Waals surface area contributed by atoms with Crippen LogP contribution in [0.1, 0.15) is 23.2 Å². The van der Waals surface area contributed by atoms with Gasteiger partial charge in [0.1, 0.15) is 11.7 Å². The molecule has 0 N–H and O–H groups in total. The first kappa shape index (κ1) is 21.1. The SMILES string of the molecule is COc1cc(C(=O)N2CCCC(Oc3nccnc3OC)C2)c([N+](=O)[O-])cc1OC. The fourth-order valence-electron chi connectivity index (χ4n) is 3.27. The Bertz CT molecular complexity index is 937. The molecule has 11 nitrogen and oxygen atoms in total. The van der Waals surface area contributed by atoms with E-state index in [0.29, 0.717) is 19.4 Å². The van der Waals surface area contributed by atoms with E-state index < -0.39 is 10.8 Å². The summed E-state index contributed by atoms with van der Waals surface area (Å²) >= 11 is 0. The zero-order valence-corrected chi connectivity index (χ0v) is 16.9. The molecule has 1 aromatic carbocycles. The number of carbonyl (C=O) groups excluding carboxylic acids is 1. The largest absolute Gasteiger partial charge is 0.493 e. The van der Waals surface area contributed by atoms with Gasteiger partial charge >= 0.3 is 0 Å². The van der Waals surface area contributed by atoms with Crippen molar-refractivity contribution < 1.29 is 28.7 Å². The van der Waals surface area contributed by atoms with Gasteiger partial charge in [0.15, 0.2) is 11.5 Å². The van der Waals surface area contributed by atoms with Crippen LogP contribution in [0.5, 0.6) is 23.3 Å². The van der Waals surface area contributed by atoms with Gasteiger partial charge in [-0.3, -0.25) is 14.9 Å². The summed E-state index contributed by atoms with van der Waals surface area (Å²) in [6.45, 7) is 0.686. The van der Waals surface area contributed by atoms with Gasteiger partial charge in [0.05, 0.1) is 38.9 Å². The minimum Gasteiger partial charge on any atom is -0.493 e. The molecule has 1 atom stereocenters. The van der Waals surface area contributed by atoms with Gasteiger partial charge in [-0.05, 0) is 12.8 Å². The molecule has 0 spiro atoms. The van der Waals surface area contributed by atoms with E-state index in [9.17, 15) is 14.9 Å². The van der Waals surface area contributed by atoms with Gasteiger partial charge in [-0.15, -0.1) is 0 Å². The van der Waals surface area contributed by atoms with Crippen molar-refractivity contribution in [1.29, 1.82) is 0 Å². The molecule has 0 radical (unpaired) electrons. The number of amides is 1. The highest BCUT2D eigenvalue weighted by Crippen LogP contribution is 2.35. The third-order valence-electron chi connectivity index (χ3n) is 4.70. The summed E-state index contributed by atoms with van der Waals surface area (Å²) in [5, 5.41) is 11.5. The topological polar surface area (TPSA) is 126 Å². The monoisotopic (exact) mass is 418 g/mol. The van der Waals surface area contributed by atoms with Gasteiger partial charge < -0.3 is 23.8 Å². The molecule has 0 bridgehead atoms. The lowest BCUT2D eigenvalue weighted by Crippen LogP contribution is -2.44. The van der Waals surface area contributed by atoms with Crippen molar-refractivity contribution >= 4 is 11.6 Å². The van der Waals surface area contributed by atoms with E-state index in [4.69, 9.17) is 18.9 Å². The van der Waals surface area contributed by atoms with Crippen molar-refractivity contribution in [2.45, 2.75) is 18.9 Å². The Morgan fingerprint density at radius 2 is 1.77 bits per heavy atom. The first-order valence-corrected chi connectivity index (χ1v) is 9.19. The molecule has 1 saturated heterocycles. The van der Waals surface area contributed by atoms with E-state index in [-0.39, 0.29) is 47.2 Å². The van der Waals surface area contributed by atoms with Crippen molar-refractivity contribution in [3.05, 3.63) is 40.2 Å². The van der Waals surface area contributed by atoms with Crippen LogP contribution in [0.3, 0.4) is 0 Å². The molecule has 160 valence electrons. The lowest BCUT2D eigenvalue weighted by atomic mass is 10.0. The summed E-state index contributed by atoms with van der Waals surface area (Å²) in [6, 6.07) is 2.52. The van der Waals surface area contributed by atoms with Gasteiger partial charge in [0, 0.05) is 25.0 Å². The molecule has 1 amide bonds. The Morgan fingerprint density at radius 1 is 1.10 bits per heavy atom. The lowest BCUT2D eigenvalue weighted by Gasteiger charge is -2.32. The molecule has 0 aliphatic carbocycles. The molecular formula is C19H22N4O7. The Hall–Kier alpha value is -3.63. The first-order chi connectivity index (χ1) is 14.5. The smallest absolute Gasteiger partial charge is 0.286 e. The highest BCUT2D eigenvalue weighted by Gasteiger charge is 2.32. The molecule has 11 heteroatoms. The molecule has 0 saturated carbocycles. The number of nitro benzene ring substituents is 1. The van der Waals surface area contributed by atoms with Crippen LogP contribution in [0.25, 0.3) is 0 Å². The predicted molar refractivity (Wildman–Crippen MR) is 104 cm³/mol. The zero-order valence-electron chi connectivity index (χ0n) is 16.9. The summed E-state index contributed by atoms with van der Waals surface area (Å²) in [7, 11) is 4.23. The molecular weight excluding hydrogens is 396 g/mol.